The fourth-order valence-electron chi connectivity index (χ4n) is 2.27. The highest BCUT2D eigenvalue weighted by molar-refractivity contribution is 5.76. The van der Waals surface area contributed by atoms with E-state index >= 15 is 0 Å². The van der Waals surface area contributed by atoms with Crippen LogP contribution in [-0.2, 0) is 9.63 Å². The van der Waals surface area contributed by atoms with Gasteiger partial charge in [0.15, 0.2) is 0 Å². The Hall–Kier alpha value is -0.610. The molecule has 0 aromatic heterocycles. The lowest BCUT2D eigenvalue weighted by molar-refractivity contribution is -0.122. The van der Waals surface area contributed by atoms with Crippen LogP contribution in [0.4, 0.5) is 0 Å². The van der Waals surface area contributed by atoms with Crippen molar-refractivity contribution < 1.29 is 9.63 Å². The molecule has 1 saturated heterocycles. The molecule has 0 aromatic carbocycles. The van der Waals surface area contributed by atoms with Gasteiger partial charge in [-0.2, -0.15) is 5.48 Å². The third-order valence-electron chi connectivity index (χ3n) is 3.19. The summed E-state index contributed by atoms with van der Waals surface area (Å²) in [5, 5.41) is 2.87. The standard InChI is InChI=1S/C11H20N2O2/c14-11-8-9(4-3-7-12-11)13-15-10-5-1-2-6-10/h9-10,13H,1-8H2,(H,12,14). The molecule has 2 aliphatic rings. The maximum Gasteiger partial charge on any atom is 0.221 e. The maximum atomic E-state index is 11.3. The Bertz CT molecular complexity index is 215. The summed E-state index contributed by atoms with van der Waals surface area (Å²) in [5.41, 5.74) is 3.07. The zero-order valence-corrected chi connectivity index (χ0v) is 9.13. The smallest absolute Gasteiger partial charge is 0.221 e. The number of carbonyl (C=O) groups excluding carboxylic acids is 1. The normalized spacial score (nSPS) is 28.8. The Morgan fingerprint density at radius 3 is 2.80 bits per heavy atom. The molecule has 4 nitrogen and oxygen atoms in total. The zero-order chi connectivity index (χ0) is 10.5. The summed E-state index contributed by atoms with van der Waals surface area (Å²) in [6.07, 6.45) is 7.85. The first-order valence-electron chi connectivity index (χ1n) is 6.02. The van der Waals surface area contributed by atoms with Crippen molar-refractivity contribution in [3.63, 3.8) is 0 Å². The van der Waals surface area contributed by atoms with Crippen molar-refractivity contribution in [1.29, 1.82) is 0 Å². The number of carbonyl (C=O) groups is 1. The van der Waals surface area contributed by atoms with Crippen molar-refractivity contribution in [3.8, 4) is 0 Å². The molecule has 15 heavy (non-hydrogen) atoms. The van der Waals surface area contributed by atoms with E-state index in [0.29, 0.717) is 12.5 Å². The van der Waals surface area contributed by atoms with Gasteiger partial charge in [-0.25, -0.2) is 0 Å². The van der Waals surface area contributed by atoms with E-state index in [1.165, 1.54) is 12.8 Å². The lowest BCUT2D eigenvalue weighted by atomic mass is 10.1. The molecule has 4 heteroatoms. The molecular weight excluding hydrogens is 192 g/mol. The molecule has 0 spiro atoms. The summed E-state index contributed by atoms with van der Waals surface area (Å²) < 4.78 is 0. The Morgan fingerprint density at radius 1 is 1.20 bits per heavy atom. The third-order valence-corrected chi connectivity index (χ3v) is 3.19. The number of hydrogen-bond donors (Lipinski definition) is 2. The summed E-state index contributed by atoms with van der Waals surface area (Å²) in [4.78, 5) is 16.9. The second-order valence-electron chi connectivity index (χ2n) is 4.54. The van der Waals surface area contributed by atoms with Crippen LogP contribution in [0.3, 0.4) is 0 Å². The average molecular weight is 212 g/mol. The van der Waals surface area contributed by atoms with Gasteiger partial charge in [-0.1, -0.05) is 12.8 Å². The third kappa shape index (κ3) is 3.47. The Balaban J connectivity index is 1.70. The fraction of sp³-hybridized carbons (Fsp3) is 0.909. The van der Waals surface area contributed by atoms with Gasteiger partial charge >= 0.3 is 0 Å². The van der Waals surface area contributed by atoms with E-state index < -0.39 is 0 Å². The first-order valence-corrected chi connectivity index (χ1v) is 6.02. The largest absolute Gasteiger partial charge is 0.356 e. The highest BCUT2D eigenvalue weighted by Gasteiger charge is 2.20. The molecular formula is C11H20N2O2. The lowest BCUT2D eigenvalue weighted by Crippen LogP contribution is -2.34. The van der Waals surface area contributed by atoms with E-state index in [0.717, 1.165) is 32.2 Å². The molecule has 1 amide bonds. The number of nitrogens with one attached hydrogen (secondary N) is 2. The van der Waals surface area contributed by atoms with Crippen LogP contribution in [0.5, 0.6) is 0 Å². The highest BCUT2D eigenvalue weighted by Crippen LogP contribution is 2.20. The van der Waals surface area contributed by atoms with Gasteiger partial charge in [0.05, 0.1) is 6.10 Å². The molecule has 2 rings (SSSR count). The first-order chi connectivity index (χ1) is 7.34. The SMILES string of the molecule is O=C1CC(NOC2CCCC2)CCCN1. The zero-order valence-electron chi connectivity index (χ0n) is 9.13. The van der Waals surface area contributed by atoms with Crippen LogP contribution >= 0.6 is 0 Å². The molecule has 1 saturated carbocycles. The second-order valence-corrected chi connectivity index (χ2v) is 4.54. The van der Waals surface area contributed by atoms with Crippen LogP contribution in [0.15, 0.2) is 0 Å². The summed E-state index contributed by atoms with van der Waals surface area (Å²) >= 11 is 0. The van der Waals surface area contributed by atoms with Crippen molar-refractivity contribution in [2.24, 2.45) is 0 Å². The summed E-state index contributed by atoms with van der Waals surface area (Å²) in [5.74, 6) is 0.139. The van der Waals surface area contributed by atoms with Crippen molar-refractivity contribution in [1.82, 2.24) is 10.8 Å². The molecule has 0 aromatic rings. The van der Waals surface area contributed by atoms with Crippen LogP contribution in [0.1, 0.15) is 44.9 Å². The maximum absolute atomic E-state index is 11.3. The van der Waals surface area contributed by atoms with Crippen LogP contribution in [0, 0.1) is 0 Å². The van der Waals surface area contributed by atoms with Crippen LogP contribution in [-0.4, -0.2) is 24.6 Å². The minimum Gasteiger partial charge on any atom is -0.356 e. The van der Waals surface area contributed by atoms with Crippen molar-refractivity contribution in [2.45, 2.75) is 57.1 Å². The van der Waals surface area contributed by atoms with Gasteiger partial charge in [0, 0.05) is 19.0 Å². The monoisotopic (exact) mass is 212 g/mol. The molecule has 2 fully saturated rings. The van der Waals surface area contributed by atoms with Gasteiger partial charge in [0.2, 0.25) is 5.91 Å². The number of rotatable bonds is 3. The van der Waals surface area contributed by atoms with Crippen LogP contribution in [0.2, 0.25) is 0 Å². The number of hydroxylamine groups is 1. The lowest BCUT2D eigenvalue weighted by Gasteiger charge is -2.18. The predicted octanol–water partition coefficient (Wildman–Crippen LogP) is 1.12. The van der Waals surface area contributed by atoms with E-state index in [4.69, 9.17) is 4.84 Å². The molecule has 2 N–H and O–H groups in total. The Kier molecular flexibility index (Phi) is 3.97. The van der Waals surface area contributed by atoms with E-state index in [2.05, 4.69) is 10.8 Å². The minimum atomic E-state index is 0.139. The molecule has 1 aliphatic carbocycles. The van der Waals surface area contributed by atoms with E-state index in [1.54, 1.807) is 0 Å². The van der Waals surface area contributed by atoms with Crippen LogP contribution in [0.25, 0.3) is 0 Å². The average Bonchev–Trinajstić information content (AvgIpc) is 2.65. The van der Waals surface area contributed by atoms with Crippen molar-refractivity contribution >= 4 is 5.91 Å². The van der Waals surface area contributed by atoms with Gasteiger partial charge < -0.3 is 5.32 Å². The summed E-state index contributed by atoms with van der Waals surface area (Å²) in [6.45, 7) is 0.806. The fourth-order valence-corrected chi connectivity index (χ4v) is 2.27. The van der Waals surface area contributed by atoms with Gasteiger partial charge in [0.1, 0.15) is 0 Å². The van der Waals surface area contributed by atoms with Gasteiger partial charge in [-0.15, -0.1) is 0 Å². The molecule has 0 bridgehead atoms. The molecule has 1 unspecified atom stereocenters. The van der Waals surface area contributed by atoms with E-state index in [-0.39, 0.29) is 11.9 Å². The van der Waals surface area contributed by atoms with Gasteiger partial charge in [-0.3, -0.25) is 9.63 Å². The molecule has 86 valence electrons. The highest BCUT2D eigenvalue weighted by atomic mass is 16.7. The van der Waals surface area contributed by atoms with Crippen molar-refractivity contribution in [2.75, 3.05) is 6.54 Å². The molecule has 0 radical (unpaired) electrons. The number of hydrogen-bond acceptors (Lipinski definition) is 3. The Morgan fingerprint density at radius 2 is 2.00 bits per heavy atom. The molecule has 1 atom stereocenters. The summed E-state index contributed by atoms with van der Waals surface area (Å²) in [6, 6.07) is 0.202. The summed E-state index contributed by atoms with van der Waals surface area (Å²) in [7, 11) is 0. The molecule has 1 heterocycles. The number of amides is 1. The topological polar surface area (TPSA) is 50.4 Å². The first kappa shape index (κ1) is 10.9. The van der Waals surface area contributed by atoms with E-state index in [1.807, 2.05) is 0 Å². The van der Waals surface area contributed by atoms with Gasteiger partial charge in [-0.05, 0) is 25.7 Å². The van der Waals surface area contributed by atoms with Crippen molar-refractivity contribution in [3.05, 3.63) is 0 Å². The van der Waals surface area contributed by atoms with Crippen LogP contribution < -0.4 is 10.8 Å². The molecule has 1 aliphatic heterocycles. The quantitative estimate of drug-likeness (QED) is 0.689. The van der Waals surface area contributed by atoms with E-state index in [9.17, 15) is 4.79 Å². The van der Waals surface area contributed by atoms with Gasteiger partial charge in [0.25, 0.3) is 0 Å². The predicted molar refractivity (Wildman–Crippen MR) is 57.1 cm³/mol. The minimum absolute atomic E-state index is 0.139. The second kappa shape index (κ2) is 5.47. The Labute approximate surface area is 90.7 Å².